The van der Waals surface area contributed by atoms with Gasteiger partial charge in [0.1, 0.15) is 0 Å². The first-order valence-corrected chi connectivity index (χ1v) is 5.55. The third-order valence-electron chi connectivity index (χ3n) is 3.24. The van der Waals surface area contributed by atoms with Crippen LogP contribution in [0.15, 0.2) is 30.3 Å². The summed E-state index contributed by atoms with van der Waals surface area (Å²) >= 11 is 0. The molecule has 0 aromatic heterocycles. The molecule has 0 aliphatic carbocycles. The van der Waals surface area contributed by atoms with Crippen molar-refractivity contribution in [2.24, 2.45) is 0 Å². The van der Waals surface area contributed by atoms with Crippen LogP contribution in [0.4, 0.5) is 0 Å². The van der Waals surface area contributed by atoms with Crippen molar-refractivity contribution < 1.29 is 9.53 Å². The Morgan fingerprint density at radius 3 is 2.56 bits per heavy atom. The third kappa shape index (κ3) is 2.09. The van der Waals surface area contributed by atoms with Gasteiger partial charge < -0.3 is 9.64 Å². The largest absolute Gasteiger partial charge is 0.379 e. The van der Waals surface area contributed by atoms with Crippen LogP contribution in [-0.2, 0) is 9.53 Å². The number of amides is 1. The van der Waals surface area contributed by atoms with E-state index in [1.54, 1.807) is 14.0 Å². The zero-order valence-electron chi connectivity index (χ0n) is 9.72. The van der Waals surface area contributed by atoms with Crippen LogP contribution in [0.2, 0.25) is 0 Å². The molecule has 1 heterocycles. The van der Waals surface area contributed by atoms with Crippen LogP contribution in [0.5, 0.6) is 0 Å². The maximum absolute atomic E-state index is 11.4. The van der Waals surface area contributed by atoms with Crippen molar-refractivity contribution in [1.29, 1.82) is 0 Å². The van der Waals surface area contributed by atoms with Crippen LogP contribution < -0.4 is 0 Å². The maximum atomic E-state index is 11.4. The second-order valence-corrected chi connectivity index (χ2v) is 4.22. The molecule has 2 unspecified atom stereocenters. The smallest absolute Gasteiger partial charge is 0.219 e. The minimum absolute atomic E-state index is 0.117. The van der Waals surface area contributed by atoms with Crippen LogP contribution in [0.25, 0.3) is 0 Å². The van der Waals surface area contributed by atoms with Crippen LogP contribution >= 0.6 is 0 Å². The number of hydrogen-bond donors (Lipinski definition) is 0. The van der Waals surface area contributed by atoms with Crippen LogP contribution in [0, 0.1) is 0 Å². The molecule has 1 saturated heterocycles. The van der Waals surface area contributed by atoms with Gasteiger partial charge in [-0.15, -0.1) is 0 Å². The number of nitrogens with zero attached hydrogens (tertiary/aromatic N) is 1. The molecule has 3 nitrogen and oxygen atoms in total. The fourth-order valence-electron chi connectivity index (χ4n) is 2.29. The van der Waals surface area contributed by atoms with Gasteiger partial charge in [-0.3, -0.25) is 4.79 Å². The number of benzene rings is 1. The molecule has 1 amide bonds. The minimum Gasteiger partial charge on any atom is -0.379 e. The average molecular weight is 219 g/mol. The van der Waals surface area contributed by atoms with Crippen LogP contribution in [-0.4, -0.2) is 37.1 Å². The van der Waals surface area contributed by atoms with Gasteiger partial charge in [-0.2, -0.15) is 0 Å². The fraction of sp³-hybridized carbons (Fsp3) is 0.462. The highest BCUT2D eigenvalue weighted by Crippen LogP contribution is 2.29. The second kappa shape index (κ2) is 4.66. The predicted octanol–water partition coefficient (Wildman–Crippen LogP) is 1.65. The molecule has 86 valence electrons. The van der Waals surface area contributed by atoms with Crippen molar-refractivity contribution in [2.45, 2.75) is 18.9 Å². The van der Waals surface area contributed by atoms with Gasteiger partial charge in [-0.1, -0.05) is 30.3 Å². The molecule has 1 aromatic rings. The average Bonchev–Trinajstić information content (AvgIpc) is 2.74. The van der Waals surface area contributed by atoms with Gasteiger partial charge in [0.15, 0.2) is 0 Å². The van der Waals surface area contributed by atoms with Gasteiger partial charge in [-0.05, 0) is 5.56 Å². The molecule has 2 rings (SSSR count). The number of ether oxygens (including phenoxy) is 1. The van der Waals surface area contributed by atoms with Gasteiger partial charge in [-0.25, -0.2) is 0 Å². The highest BCUT2D eigenvalue weighted by Gasteiger charge is 2.34. The predicted molar refractivity (Wildman–Crippen MR) is 62.2 cm³/mol. The van der Waals surface area contributed by atoms with Gasteiger partial charge >= 0.3 is 0 Å². The second-order valence-electron chi connectivity index (χ2n) is 4.22. The zero-order chi connectivity index (χ0) is 11.5. The molecule has 0 spiro atoms. The maximum Gasteiger partial charge on any atom is 0.219 e. The first-order chi connectivity index (χ1) is 7.72. The monoisotopic (exact) mass is 219 g/mol. The van der Waals surface area contributed by atoms with Crippen molar-refractivity contribution in [1.82, 2.24) is 4.90 Å². The van der Waals surface area contributed by atoms with Crippen molar-refractivity contribution in [3.63, 3.8) is 0 Å². The van der Waals surface area contributed by atoms with E-state index in [0.717, 1.165) is 6.54 Å². The number of carbonyl (C=O) groups excluding carboxylic acids is 1. The van der Waals surface area contributed by atoms with Gasteiger partial charge in [0.2, 0.25) is 5.91 Å². The summed E-state index contributed by atoms with van der Waals surface area (Å²) < 4.78 is 5.46. The Morgan fingerprint density at radius 1 is 1.31 bits per heavy atom. The lowest BCUT2D eigenvalue weighted by molar-refractivity contribution is -0.128. The molecule has 0 bridgehead atoms. The number of likely N-dealkylation sites (tertiary alicyclic amines) is 1. The standard InChI is InChI=1S/C13H17NO2/c1-10(15)14-8-12(13(9-14)16-2)11-6-4-3-5-7-11/h3-7,12-13H,8-9H2,1-2H3. The Hall–Kier alpha value is -1.35. The lowest BCUT2D eigenvalue weighted by Gasteiger charge is -2.16. The number of rotatable bonds is 2. The Balaban J connectivity index is 2.18. The van der Waals surface area contributed by atoms with Gasteiger partial charge in [0, 0.05) is 33.0 Å². The van der Waals surface area contributed by atoms with E-state index in [0.29, 0.717) is 12.5 Å². The van der Waals surface area contributed by atoms with E-state index in [4.69, 9.17) is 4.74 Å². The molecule has 0 radical (unpaired) electrons. The van der Waals surface area contributed by atoms with E-state index in [2.05, 4.69) is 12.1 Å². The highest BCUT2D eigenvalue weighted by atomic mass is 16.5. The minimum atomic E-state index is 0.117. The van der Waals surface area contributed by atoms with E-state index in [9.17, 15) is 4.79 Å². The quantitative estimate of drug-likeness (QED) is 0.757. The molecule has 1 aliphatic rings. The van der Waals surface area contributed by atoms with Crippen LogP contribution in [0.1, 0.15) is 18.4 Å². The summed E-state index contributed by atoms with van der Waals surface area (Å²) in [5.74, 6) is 0.426. The Morgan fingerprint density at radius 2 is 2.00 bits per heavy atom. The van der Waals surface area contributed by atoms with E-state index >= 15 is 0 Å². The van der Waals surface area contributed by atoms with Crippen molar-refractivity contribution in [2.75, 3.05) is 20.2 Å². The van der Waals surface area contributed by atoms with Gasteiger partial charge in [0.05, 0.1) is 6.10 Å². The molecule has 1 aromatic carbocycles. The van der Waals surface area contributed by atoms with Gasteiger partial charge in [0.25, 0.3) is 0 Å². The third-order valence-corrected chi connectivity index (χ3v) is 3.24. The molecule has 2 atom stereocenters. The first kappa shape index (κ1) is 11.1. The molecule has 3 heteroatoms. The number of hydrogen-bond acceptors (Lipinski definition) is 2. The molecular weight excluding hydrogens is 202 g/mol. The zero-order valence-corrected chi connectivity index (χ0v) is 9.72. The lowest BCUT2D eigenvalue weighted by atomic mass is 9.96. The summed E-state index contributed by atoms with van der Waals surface area (Å²) in [5.41, 5.74) is 1.25. The Bertz CT molecular complexity index is 363. The summed E-state index contributed by atoms with van der Waals surface area (Å²) in [4.78, 5) is 13.2. The summed E-state index contributed by atoms with van der Waals surface area (Å²) in [5, 5.41) is 0. The first-order valence-electron chi connectivity index (χ1n) is 5.55. The lowest BCUT2D eigenvalue weighted by Crippen LogP contribution is -2.27. The molecule has 1 aliphatic heterocycles. The number of methoxy groups -OCH3 is 1. The van der Waals surface area contributed by atoms with E-state index in [1.165, 1.54) is 5.56 Å². The molecule has 16 heavy (non-hydrogen) atoms. The molecule has 1 fully saturated rings. The SMILES string of the molecule is COC1CN(C(C)=O)CC1c1ccccc1. The summed E-state index contributed by atoms with van der Waals surface area (Å²) in [6.07, 6.45) is 0.117. The fourth-order valence-corrected chi connectivity index (χ4v) is 2.29. The van der Waals surface area contributed by atoms with Crippen molar-refractivity contribution >= 4 is 5.91 Å². The Kier molecular flexibility index (Phi) is 3.25. The molecule has 0 saturated carbocycles. The normalized spacial score (nSPS) is 24.8. The van der Waals surface area contributed by atoms with Crippen molar-refractivity contribution in [3.05, 3.63) is 35.9 Å². The van der Waals surface area contributed by atoms with E-state index < -0.39 is 0 Å². The highest BCUT2D eigenvalue weighted by molar-refractivity contribution is 5.73. The summed E-state index contributed by atoms with van der Waals surface area (Å²) in [6, 6.07) is 10.3. The van der Waals surface area contributed by atoms with E-state index in [1.807, 2.05) is 23.1 Å². The Labute approximate surface area is 96.0 Å². The van der Waals surface area contributed by atoms with E-state index in [-0.39, 0.29) is 12.0 Å². The summed E-state index contributed by atoms with van der Waals surface area (Å²) in [6.45, 7) is 3.07. The topological polar surface area (TPSA) is 29.5 Å². The molecule has 0 N–H and O–H groups in total. The summed E-state index contributed by atoms with van der Waals surface area (Å²) in [7, 11) is 1.71. The molecular formula is C13H17NO2. The number of carbonyl (C=O) groups is 1. The van der Waals surface area contributed by atoms with Crippen LogP contribution in [0.3, 0.4) is 0 Å². The van der Waals surface area contributed by atoms with Crippen molar-refractivity contribution in [3.8, 4) is 0 Å².